The second-order valence-electron chi connectivity index (χ2n) is 8.07. The normalized spacial score (nSPS) is 20.9. The highest BCUT2D eigenvalue weighted by Crippen LogP contribution is 2.38. The Labute approximate surface area is 165 Å². The van der Waals surface area contributed by atoms with Crippen LogP contribution in [0.25, 0.3) is 0 Å². The molecule has 1 saturated carbocycles. The molecule has 4 heteroatoms. The summed E-state index contributed by atoms with van der Waals surface area (Å²) in [6.07, 6.45) is 8.82. The molecule has 2 aromatic carbocycles. The summed E-state index contributed by atoms with van der Waals surface area (Å²) in [6, 6.07) is 8.66. The van der Waals surface area contributed by atoms with Crippen molar-refractivity contribution in [1.82, 2.24) is 0 Å². The summed E-state index contributed by atoms with van der Waals surface area (Å²) in [5.41, 5.74) is 1.45. The van der Waals surface area contributed by atoms with Crippen LogP contribution in [0.2, 0.25) is 0 Å². The molecule has 0 heterocycles. The van der Waals surface area contributed by atoms with Gasteiger partial charge in [0.25, 0.3) is 0 Å². The van der Waals surface area contributed by atoms with Gasteiger partial charge in [-0.2, -0.15) is 0 Å². The van der Waals surface area contributed by atoms with Crippen molar-refractivity contribution < 1.29 is 18.3 Å². The summed E-state index contributed by atoms with van der Waals surface area (Å²) in [5, 5.41) is 10.4. The van der Waals surface area contributed by atoms with E-state index in [9.17, 15) is 18.3 Å². The second kappa shape index (κ2) is 9.60. The van der Waals surface area contributed by atoms with Gasteiger partial charge in [0.1, 0.15) is 11.9 Å². The SMILES string of the molecule is CCCCCC1CCC(c2ccc(C(O)c3cc(F)c(F)cc3F)cc2)CC1. The van der Waals surface area contributed by atoms with Gasteiger partial charge in [-0.05, 0) is 54.7 Å². The number of benzene rings is 2. The molecule has 1 atom stereocenters. The summed E-state index contributed by atoms with van der Waals surface area (Å²) in [7, 11) is 0. The fourth-order valence-electron chi connectivity index (χ4n) is 4.34. The van der Waals surface area contributed by atoms with Crippen LogP contribution >= 0.6 is 0 Å². The molecule has 1 aliphatic rings. The molecule has 2 aromatic rings. The summed E-state index contributed by atoms with van der Waals surface area (Å²) in [6.45, 7) is 2.23. The molecule has 0 radical (unpaired) electrons. The third kappa shape index (κ3) is 4.96. The van der Waals surface area contributed by atoms with Gasteiger partial charge in [0.2, 0.25) is 0 Å². The van der Waals surface area contributed by atoms with Crippen LogP contribution in [0.1, 0.15) is 87.0 Å². The number of aliphatic hydroxyl groups excluding tert-OH is 1. The number of hydrogen-bond donors (Lipinski definition) is 1. The maximum Gasteiger partial charge on any atom is 0.161 e. The molecule has 0 amide bonds. The zero-order valence-electron chi connectivity index (χ0n) is 16.4. The Morgan fingerprint density at radius 1 is 0.893 bits per heavy atom. The van der Waals surface area contributed by atoms with Crippen molar-refractivity contribution in [2.75, 3.05) is 0 Å². The van der Waals surface area contributed by atoms with E-state index in [1.165, 1.54) is 56.9 Å². The van der Waals surface area contributed by atoms with E-state index in [1.54, 1.807) is 12.1 Å². The van der Waals surface area contributed by atoms with Crippen molar-refractivity contribution in [3.63, 3.8) is 0 Å². The fraction of sp³-hybridized carbons (Fsp3) is 0.500. The number of rotatable bonds is 7. The van der Waals surface area contributed by atoms with E-state index in [0.717, 1.165) is 12.0 Å². The highest BCUT2D eigenvalue weighted by Gasteiger charge is 2.23. The average molecular weight is 390 g/mol. The lowest BCUT2D eigenvalue weighted by molar-refractivity contribution is 0.213. The lowest BCUT2D eigenvalue weighted by Gasteiger charge is -2.29. The van der Waals surface area contributed by atoms with Crippen molar-refractivity contribution in [2.24, 2.45) is 5.92 Å². The molecule has 1 fully saturated rings. The van der Waals surface area contributed by atoms with Gasteiger partial charge in [0, 0.05) is 11.6 Å². The molecule has 3 rings (SSSR count). The Hall–Kier alpha value is -1.81. The van der Waals surface area contributed by atoms with Crippen LogP contribution in [0.5, 0.6) is 0 Å². The summed E-state index contributed by atoms with van der Waals surface area (Å²) >= 11 is 0. The van der Waals surface area contributed by atoms with Crippen LogP contribution in [0.3, 0.4) is 0 Å². The molecular formula is C24H29F3O. The topological polar surface area (TPSA) is 20.2 Å². The van der Waals surface area contributed by atoms with Crippen molar-refractivity contribution >= 4 is 0 Å². The lowest BCUT2D eigenvalue weighted by atomic mass is 9.77. The van der Waals surface area contributed by atoms with Gasteiger partial charge >= 0.3 is 0 Å². The van der Waals surface area contributed by atoms with E-state index in [0.29, 0.717) is 17.5 Å². The Kier molecular flexibility index (Phi) is 7.17. The first kappa shape index (κ1) is 20.9. The zero-order chi connectivity index (χ0) is 20.1. The average Bonchev–Trinajstić information content (AvgIpc) is 2.71. The smallest absolute Gasteiger partial charge is 0.161 e. The maximum absolute atomic E-state index is 13.9. The first-order valence-corrected chi connectivity index (χ1v) is 10.4. The van der Waals surface area contributed by atoms with Crippen LogP contribution in [0, 0.1) is 23.4 Å². The number of halogens is 3. The highest BCUT2D eigenvalue weighted by atomic mass is 19.2. The van der Waals surface area contributed by atoms with Crippen LogP contribution < -0.4 is 0 Å². The standard InChI is InChI=1S/C24H29F3O/c1-2-3-4-5-16-6-8-17(9-7-16)18-10-12-19(13-11-18)24(28)20-14-22(26)23(27)15-21(20)25/h10-17,24,28H,2-9H2,1H3. The molecule has 0 aromatic heterocycles. The molecule has 1 unspecified atom stereocenters. The molecule has 0 spiro atoms. The van der Waals surface area contributed by atoms with Gasteiger partial charge in [-0.25, -0.2) is 13.2 Å². The Morgan fingerprint density at radius 2 is 1.54 bits per heavy atom. The molecule has 28 heavy (non-hydrogen) atoms. The minimum absolute atomic E-state index is 0.251. The molecule has 1 nitrogen and oxygen atoms in total. The van der Waals surface area contributed by atoms with Gasteiger partial charge in [-0.15, -0.1) is 0 Å². The lowest BCUT2D eigenvalue weighted by Crippen LogP contribution is -2.13. The third-order valence-electron chi connectivity index (χ3n) is 6.12. The zero-order valence-corrected chi connectivity index (χ0v) is 16.4. The van der Waals surface area contributed by atoms with E-state index < -0.39 is 23.6 Å². The third-order valence-corrected chi connectivity index (χ3v) is 6.12. The minimum atomic E-state index is -1.32. The summed E-state index contributed by atoms with van der Waals surface area (Å²) in [4.78, 5) is 0. The van der Waals surface area contributed by atoms with Crippen molar-refractivity contribution in [2.45, 2.75) is 70.3 Å². The van der Waals surface area contributed by atoms with Crippen molar-refractivity contribution in [3.8, 4) is 0 Å². The quantitative estimate of drug-likeness (QED) is 0.397. The Bertz CT molecular complexity index is 764. The minimum Gasteiger partial charge on any atom is -0.384 e. The second-order valence-corrected chi connectivity index (χ2v) is 8.07. The molecule has 0 bridgehead atoms. The van der Waals surface area contributed by atoms with Gasteiger partial charge in [-0.3, -0.25) is 0 Å². The van der Waals surface area contributed by atoms with E-state index in [2.05, 4.69) is 6.92 Å². The van der Waals surface area contributed by atoms with E-state index in [1.807, 2.05) is 12.1 Å². The molecular weight excluding hydrogens is 361 g/mol. The van der Waals surface area contributed by atoms with Gasteiger partial charge in [0.15, 0.2) is 11.6 Å². The molecule has 152 valence electrons. The summed E-state index contributed by atoms with van der Waals surface area (Å²) < 4.78 is 40.4. The largest absolute Gasteiger partial charge is 0.384 e. The molecule has 1 aliphatic carbocycles. The van der Waals surface area contributed by atoms with Crippen molar-refractivity contribution in [1.29, 1.82) is 0 Å². The first-order chi connectivity index (χ1) is 13.5. The number of aliphatic hydroxyl groups is 1. The molecule has 1 N–H and O–H groups in total. The van der Waals surface area contributed by atoms with Gasteiger partial charge in [0.05, 0.1) is 0 Å². The first-order valence-electron chi connectivity index (χ1n) is 10.4. The van der Waals surface area contributed by atoms with Gasteiger partial charge < -0.3 is 5.11 Å². The molecule has 0 saturated heterocycles. The van der Waals surface area contributed by atoms with Crippen LogP contribution in [0.4, 0.5) is 13.2 Å². The van der Waals surface area contributed by atoms with Crippen molar-refractivity contribution in [3.05, 3.63) is 70.5 Å². The van der Waals surface area contributed by atoms with Crippen LogP contribution in [-0.4, -0.2) is 5.11 Å². The Morgan fingerprint density at radius 3 is 2.18 bits per heavy atom. The predicted molar refractivity (Wildman–Crippen MR) is 106 cm³/mol. The van der Waals surface area contributed by atoms with E-state index in [-0.39, 0.29) is 5.56 Å². The number of unbranched alkanes of at least 4 members (excludes halogenated alkanes) is 2. The van der Waals surface area contributed by atoms with E-state index in [4.69, 9.17) is 0 Å². The summed E-state index contributed by atoms with van der Waals surface area (Å²) in [5.74, 6) is -2.00. The maximum atomic E-state index is 13.9. The highest BCUT2D eigenvalue weighted by molar-refractivity contribution is 5.34. The van der Waals surface area contributed by atoms with Crippen LogP contribution in [0.15, 0.2) is 36.4 Å². The van der Waals surface area contributed by atoms with Gasteiger partial charge in [-0.1, -0.05) is 56.9 Å². The monoisotopic (exact) mass is 390 g/mol. The molecule has 0 aliphatic heterocycles. The van der Waals surface area contributed by atoms with E-state index >= 15 is 0 Å². The fourth-order valence-corrected chi connectivity index (χ4v) is 4.34. The Balaban J connectivity index is 1.62. The predicted octanol–water partition coefficient (Wildman–Crippen LogP) is 7.04. The van der Waals surface area contributed by atoms with Crippen LogP contribution in [-0.2, 0) is 0 Å². The number of hydrogen-bond acceptors (Lipinski definition) is 1.